The Bertz CT molecular complexity index is 895. The number of hydrogen-bond acceptors (Lipinski definition) is 6. The van der Waals surface area contributed by atoms with Crippen molar-refractivity contribution in [1.29, 1.82) is 0 Å². The summed E-state index contributed by atoms with van der Waals surface area (Å²) in [5.41, 5.74) is 16.8. The highest BCUT2D eigenvalue weighted by Crippen LogP contribution is 2.35. The zero-order chi connectivity index (χ0) is 24.5. The molecule has 3 aliphatic rings. The lowest BCUT2D eigenvalue weighted by Gasteiger charge is -2.33. The van der Waals surface area contributed by atoms with Crippen LogP contribution in [0, 0.1) is 11.8 Å². The van der Waals surface area contributed by atoms with Gasteiger partial charge in [0.1, 0.15) is 5.75 Å². The van der Waals surface area contributed by atoms with Crippen LogP contribution in [-0.4, -0.2) is 37.4 Å². The van der Waals surface area contributed by atoms with Crippen molar-refractivity contribution in [3.05, 3.63) is 52.0 Å². The summed E-state index contributed by atoms with van der Waals surface area (Å²) in [5, 5.41) is 3.57. The van der Waals surface area contributed by atoms with Crippen LogP contribution in [0.15, 0.2) is 40.3 Å². The number of allylic oxidation sites excluding steroid dienone is 2. The third-order valence-electron chi connectivity index (χ3n) is 6.83. The number of hydrogen-bond donors (Lipinski definition) is 3. The molecule has 2 aliphatic heterocycles. The van der Waals surface area contributed by atoms with E-state index in [0.29, 0.717) is 5.92 Å². The van der Waals surface area contributed by atoms with E-state index in [1.54, 1.807) is 12.2 Å². The van der Waals surface area contributed by atoms with Gasteiger partial charge in [-0.3, -0.25) is 4.99 Å². The van der Waals surface area contributed by atoms with Crippen molar-refractivity contribution in [3.8, 4) is 5.75 Å². The second-order valence-corrected chi connectivity index (χ2v) is 9.66. The van der Waals surface area contributed by atoms with E-state index < -0.39 is 0 Å². The van der Waals surface area contributed by atoms with Gasteiger partial charge < -0.3 is 26.4 Å². The summed E-state index contributed by atoms with van der Waals surface area (Å²) in [6.07, 6.45) is 10.5. The van der Waals surface area contributed by atoms with Gasteiger partial charge >= 0.3 is 0 Å². The predicted octanol–water partition coefficient (Wildman–Crippen LogP) is 4.85. The van der Waals surface area contributed by atoms with Crippen molar-refractivity contribution in [1.82, 2.24) is 10.2 Å². The summed E-state index contributed by atoms with van der Waals surface area (Å²) in [5.74, 6) is 3.23. The minimum Gasteiger partial charge on any atom is -0.493 e. The molecule has 0 amide bonds. The van der Waals surface area contributed by atoms with Gasteiger partial charge in [0.05, 0.1) is 24.1 Å². The van der Waals surface area contributed by atoms with E-state index in [2.05, 4.69) is 22.3 Å². The molecule has 0 aromatic heterocycles. The summed E-state index contributed by atoms with van der Waals surface area (Å²) in [6, 6.07) is 4.39. The molecule has 2 heterocycles. The molecule has 1 aromatic rings. The molecule has 0 spiro atoms. The molecule has 1 saturated carbocycles. The highest BCUT2D eigenvalue weighted by atomic mass is 35.5. The first-order valence-corrected chi connectivity index (χ1v) is 13.2. The Morgan fingerprint density at radius 3 is 2.53 bits per heavy atom. The van der Waals surface area contributed by atoms with E-state index in [1.807, 2.05) is 20.9 Å². The third kappa shape index (κ3) is 7.16. The van der Waals surface area contributed by atoms with Gasteiger partial charge in [0, 0.05) is 36.5 Å². The van der Waals surface area contributed by atoms with Gasteiger partial charge in [0.2, 0.25) is 0 Å². The van der Waals surface area contributed by atoms with Gasteiger partial charge in [0.15, 0.2) is 0 Å². The Morgan fingerprint density at radius 2 is 1.88 bits per heavy atom. The van der Waals surface area contributed by atoms with Crippen molar-refractivity contribution in [2.24, 2.45) is 28.3 Å². The molecule has 4 rings (SSSR count). The number of benzene rings is 1. The number of ether oxygens (including phenoxy) is 1. The van der Waals surface area contributed by atoms with Crippen LogP contribution in [-0.2, 0) is 13.1 Å². The number of nitrogens with one attached hydrogen (secondary N) is 1. The molecule has 1 saturated heterocycles. The average molecular weight is 488 g/mol. The number of aliphatic imine (C=N–C) groups is 1. The maximum absolute atomic E-state index is 6.16. The second kappa shape index (κ2) is 13.1. The summed E-state index contributed by atoms with van der Waals surface area (Å²) in [7, 11) is 2.00. The van der Waals surface area contributed by atoms with Gasteiger partial charge in [-0.1, -0.05) is 25.4 Å². The molecule has 6 nitrogen and oxygen atoms in total. The third-order valence-corrected chi connectivity index (χ3v) is 6.96. The lowest BCUT2D eigenvalue weighted by atomic mass is 9.89. The van der Waals surface area contributed by atoms with Crippen LogP contribution in [0.2, 0.25) is 0 Å². The zero-order valence-electron chi connectivity index (χ0n) is 21.1. The summed E-state index contributed by atoms with van der Waals surface area (Å²) >= 11 is 5.69. The van der Waals surface area contributed by atoms with Crippen LogP contribution in [0.25, 0.3) is 0 Å². The number of nitrogens with two attached hydrogens (primary N) is 2. The van der Waals surface area contributed by atoms with E-state index in [4.69, 9.17) is 32.8 Å². The van der Waals surface area contributed by atoms with Gasteiger partial charge in [-0.15, -0.1) is 0 Å². The number of halogens is 1. The molecule has 188 valence electrons. The Morgan fingerprint density at radius 1 is 1.15 bits per heavy atom. The Balaban J connectivity index is 0.00000158. The number of piperidine rings is 1. The van der Waals surface area contributed by atoms with Gasteiger partial charge in [0.25, 0.3) is 0 Å². The molecule has 0 radical (unpaired) electrons. The lowest BCUT2D eigenvalue weighted by Crippen LogP contribution is -2.36. The van der Waals surface area contributed by atoms with Crippen LogP contribution in [0.4, 0.5) is 0 Å². The van der Waals surface area contributed by atoms with E-state index in [9.17, 15) is 0 Å². The Labute approximate surface area is 210 Å². The minimum atomic E-state index is 0.250. The van der Waals surface area contributed by atoms with Gasteiger partial charge in [-0.2, -0.15) is 0 Å². The number of fused-ring (bicyclic) bond motifs is 1. The van der Waals surface area contributed by atoms with Crippen LogP contribution in [0.5, 0.6) is 5.75 Å². The number of nitrogens with zero attached hydrogens (tertiary/aromatic N) is 2. The fourth-order valence-electron chi connectivity index (χ4n) is 4.68. The van der Waals surface area contributed by atoms with E-state index in [0.717, 1.165) is 69.5 Å². The maximum atomic E-state index is 6.16. The molecule has 0 atom stereocenters. The van der Waals surface area contributed by atoms with Crippen LogP contribution in [0.3, 0.4) is 0 Å². The van der Waals surface area contributed by atoms with Crippen molar-refractivity contribution >= 4 is 17.3 Å². The van der Waals surface area contributed by atoms with E-state index in [-0.39, 0.29) is 5.16 Å². The largest absolute Gasteiger partial charge is 0.493 e. The van der Waals surface area contributed by atoms with Crippen molar-refractivity contribution in [2.45, 2.75) is 65.5 Å². The molecule has 34 heavy (non-hydrogen) atoms. The Hall–Kier alpha value is -2.18. The van der Waals surface area contributed by atoms with Crippen molar-refractivity contribution in [3.63, 3.8) is 0 Å². The van der Waals surface area contributed by atoms with Crippen molar-refractivity contribution < 1.29 is 4.74 Å². The predicted molar refractivity (Wildman–Crippen MR) is 143 cm³/mol. The smallest absolute Gasteiger partial charge is 0.124 e. The van der Waals surface area contributed by atoms with Gasteiger partial charge in [-0.25, -0.2) is 0 Å². The highest BCUT2D eigenvalue weighted by Gasteiger charge is 2.26. The van der Waals surface area contributed by atoms with Crippen LogP contribution >= 0.6 is 11.6 Å². The Kier molecular flexibility index (Phi) is 10.1. The van der Waals surface area contributed by atoms with Crippen molar-refractivity contribution in [2.75, 3.05) is 26.7 Å². The molecule has 2 fully saturated rings. The molecule has 7 heteroatoms. The first-order valence-electron chi connectivity index (χ1n) is 12.8. The normalized spacial score (nSPS) is 18.8. The number of likely N-dealkylation sites (tertiary alicyclic amines) is 1. The second-order valence-electron chi connectivity index (χ2n) is 9.23. The monoisotopic (exact) mass is 487 g/mol. The van der Waals surface area contributed by atoms with Crippen LogP contribution < -0.4 is 21.5 Å². The molecule has 0 unspecified atom stereocenters. The summed E-state index contributed by atoms with van der Waals surface area (Å²) < 4.78 is 6.16. The minimum absolute atomic E-state index is 0.250. The first-order chi connectivity index (χ1) is 16.5. The van der Waals surface area contributed by atoms with E-state index in [1.165, 1.54) is 41.7 Å². The standard InChI is InChI=1S/C25H36ClN5O.C2H6/c1-29-14-21-20-15-30-22(19(20)5-7-23(21)32-16-18-2-3-18)6-4-17-10-12-31(13-11-17)25(28)9-8-24(26)27;1-2/h5,7-9,17-18,29H,2-4,6,10-16,27-28H2,1H3;1-2H3/b24-8-,25-9+;. The van der Waals surface area contributed by atoms with Crippen LogP contribution in [0.1, 0.15) is 69.1 Å². The summed E-state index contributed by atoms with van der Waals surface area (Å²) in [4.78, 5) is 7.14. The maximum Gasteiger partial charge on any atom is 0.124 e. The first kappa shape index (κ1) is 26.4. The molecule has 1 aliphatic carbocycles. The lowest BCUT2D eigenvalue weighted by molar-refractivity contribution is 0.219. The quantitative estimate of drug-likeness (QED) is 0.324. The molecular formula is C27H42ClN5O. The topological polar surface area (TPSA) is 88.9 Å². The average Bonchev–Trinajstić information content (AvgIpc) is 3.60. The summed E-state index contributed by atoms with van der Waals surface area (Å²) in [6.45, 7) is 8.39. The SMILES string of the molecule is CC.CNCc1c(OCC2CC2)ccc2c1CN=C2CCC1CCN(/C(N)=C/C=C(\N)Cl)CC1. The van der Waals surface area contributed by atoms with Gasteiger partial charge in [-0.05, 0) is 87.3 Å². The highest BCUT2D eigenvalue weighted by molar-refractivity contribution is 6.29. The fourth-order valence-corrected chi connectivity index (χ4v) is 4.75. The molecular weight excluding hydrogens is 446 g/mol. The molecule has 5 N–H and O–H groups in total. The van der Waals surface area contributed by atoms with E-state index >= 15 is 0 Å². The fraction of sp³-hybridized carbons (Fsp3) is 0.593. The zero-order valence-corrected chi connectivity index (χ0v) is 21.8. The molecule has 1 aromatic carbocycles. The number of rotatable bonds is 10. The molecule has 0 bridgehead atoms.